The molecule has 0 heterocycles. The van der Waals surface area contributed by atoms with Crippen LogP contribution in [0.4, 0.5) is 0 Å². The number of carboxylic acids is 1. The molecule has 21 heavy (non-hydrogen) atoms. The van der Waals surface area contributed by atoms with E-state index in [0.717, 1.165) is 58.5 Å². The maximum atomic E-state index is 10.7. The third-order valence-electron chi connectivity index (χ3n) is 3.13. The van der Waals surface area contributed by atoms with Crippen molar-refractivity contribution >= 4 is 5.97 Å². The molecular weight excluding hydrogens is 268 g/mol. The molecule has 0 unspecified atom stereocenters. The second-order valence-corrected chi connectivity index (χ2v) is 5.04. The SMILES string of the molecule is CCCOCCCOCCCCc1ccc(C(=O)O)cc1. The number of benzene rings is 1. The van der Waals surface area contributed by atoms with Crippen LogP contribution in [0, 0.1) is 0 Å². The normalized spacial score (nSPS) is 10.7. The summed E-state index contributed by atoms with van der Waals surface area (Å²) in [6.07, 6.45) is 5.06. The van der Waals surface area contributed by atoms with Crippen molar-refractivity contribution in [3.8, 4) is 0 Å². The summed E-state index contributed by atoms with van der Waals surface area (Å²) in [5.41, 5.74) is 1.51. The van der Waals surface area contributed by atoms with E-state index in [1.165, 1.54) is 5.56 Å². The monoisotopic (exact) mass is 294 g/mol. The van der Waals surface area contributed by atoms with Crippen molar-refractivity contribution in [3.05, 3.63) is 35.4 Å². The van der Waals surface area contributed by atoms with E-state index in [0.29, 0.717) is 5.56 Å². The number of aryl methyl sites for hydroxylation is 1. The Morgan fingerprint density at radius 3 is 2.19 bits per heavy atom. The zero-order chi connectivity index (χ0) is 15.3. The minimum absolute atomic E-state index is 0.340. The lowest BCUT2D eigenvalue weighted by atomic mass is 10.1. The minimum atomic E-state index is -0.877. The topological polar surface area (TPSA) is 55.8 Å². The molecule has 0 aliphatic carbocycles. The van der Waals surface area contributed by atoms with Crippen molar-refractivity contribution in [2.75, 3.05) is 26.4 Å². The molecule has 0 aromatic heterocycles. The number of ether oxygens (including phenoxy) is 2. The predicted molar refractivity (Wildman–Crippen MR) is 82.9 cm³/mol. The molecule has 0 fully saturated rings. The van der Waals surface area contributed by atoms with Crippen molar-refractivity contribution in [1.82, 2.24) is 0 Å². The van der Waals surface area contributed by atoms with Crippen LogP contribution in [-0.2, 0) is 15.9 Å². The molecule has 0 bridgehead atoms. The van der Waals surface area contributed by atoms with Gasteiger partial charge in [0.05, 0.1) is 5.56 Å². The molecule has 1 rings (SSSR count). The average Bonchev–Trinajstić information content (AvgIpc) is 2.49. The van der Waals surface area contributed by atoms with Gasteiger partial charge in [-0.05, 0) is 49.8 Å². The average molecular weight is 294 g/mol. The van der Waals surface area contributed by atoms with Crippen LogP contribution in [0.25, 0.3) is 0 Å². The van der Waals surface area contributed by atoms with E-state index < -0.39 is 5.97 Å². The fraction of sp³-hybridized carbons (Fsp3) is 0.588. The minimum Gasteiger partial charge on any atom is -0.478 e. The fourth-order valence-corrected chi connectivity index (χ4v) is 1.96. The van der Waals surface area contributed by atoms with Crippen LogP contribution in [0.5, 0.6) is 0 Å². The Hall–Kier alpha value is -1.39. The molecular formula is C17H26O4. The fourth-order valence-electron chi connectivity index (χ4n) is 1.96. The summed E-state index contributed by atoms with van der Waals surface area (Å²) in [4.78, 5) is 10.7. The maximum Gasteiger partial charge on any atom is 0.335 e. The zero-order valence-corrected chi connectivity index (χ0v) is 12.8. The molecule has 4 heteroatoms. The molecule has 0 aliphatic heterocycles. The number of carbonyl (C=O) groups is 1. The first kappa shape index (κ1) is 17.7. The van der Waals surface area contributed by atoms with Gasteiger partial charge in [-0.25, -0.2) is 4.79 Å². The first-order valence-corrected chi connectivity index (χ1v) is 7.71. The molecule has 4 nitrogen and oxygen atoms in total. The van der Waals surface area contributed by atoms with Crippen molar-refractivity contribution in [2.45, 2.75) is 39.0 Å². The Bertz CT molecular complexity index is 386. The Morgan fingerprint density at radius 1 is 0.952 bits per heavy atom. The molecule has 1 aromatic rings. The van der Waals surface area contributed by atoms with Crippen LogP contribution >= 0.6 is 0 Å². The number of aromatic carboxylic acids is 1. The molecule has 0 spiro atoms. The van der Waals surface area contributed by atoms with Gasteiger partial charge in [0.25, 0.3) is 0 Å². The third-order valence-corrected chi connectivity index (χ3v) is 3.13. The quantitative estimate of drug-likeness (QED) is 0.599. The van der Waals surface area contributed by atoms with Crippen LogP contribution in [0.1, 0.15) is 48.5 Å². The van der Waals surface area contributed by atoms with Crippen LogP contribution in [0.3, 0.4) is 0 Å². The number of rotatable bonds is 12. The highest BCUT2D eigenvalue weighted by Crippen LogP contribution is 2.08. The molecule has 0 atom stereocenters. The smallest absolute Gasteiger partial charge is 0.335 e. The highest BCUT2D eigenvalue weighted by atomic mass is 16.5. The molecule has 1 aromatic carbocycles. The summed E-state index contributed by atoms with van der Waals surface area (Å²) in [6.45, 7) is 5.26. The zero-order valence-electron chi connectivity index (χ0n) is 12.8. The van der Waals surface area contributed by atoms with Gasteiger partial charge in [0.15, 0.2) is 0 Å². The van der Waals surface area contributed by atoms with Crippen molar-refractivity contribution < 1.29 is 19.4 Å². The van der Waals surface area contributed by atoms with Gasteiger partial charge in [0.2, 0.25) is 0 Å². The first-order chi connectivity index (χ1) is 10.2. The highest BCUT2D eigenvalue weighted by Gasteiger charge is 2.01. The first-order valence-electron chi connectivity index (χ1n) is 7.71. The third kappa shape index (κ3) is 8.48. The molecule has 0 radical (unpaired) electrons. The Kier molecular flexibility index (Phi) is 9.49. The van der Waals surface area contributed by atoms with Gasteiger partial charge in [-0.15, -0.1) is 0 Å². The molecule has 0 saturated carbocycles. The lowest BCUT2D eigenvalue weighted by Crippen LogP contribution is -2.03. The van der Waals surface area contributed by atoms with E-state index in [9.17, 15) is 4.79 Å². The van der Waals surface area contributed by atoms with Crippen LogP contribution < -0.4 is 0 Å². The van der Waals surface area contributed by atoms with Crippen molar-refractivity contribution in [3.63, 3.8) is 0 Å². The van der Waals surface area contributed by atoms with Crippen molar-refractivity contribution in [2.24, 2.45) is 0 Å². The molecule has 0 saturated heterocycles. The van der Waals surface area contributed by atoms with E-state index >= 15 is 0 Å². The summed E-state index contributed by atoms with van der Waals surface area (Å²) >= 11 is 0. The van der Waals surface area contributed by atoms with Gasteiger partial charge in [-0.3, -0.25) is 0 Å². The summed E-state index contributed by atoms with van der Waals surface area (Å²) in [5, 5.41) is 8.81. The lowest BCUT2D eigenvalue weighted by Gasteiger charge is -2.05. The van der Waals surface area contributed by atoms with Gasteiger partial charge < -0.3 is 14.6 Å². The van der Waals surface area contributed by atoms with E-state index in [-0.39, 0.29) is 0 Å². The number of carboxylic acid groups (broad SMARTS) is 1. The second kappa shape index (κ2) is 11.3. The van der Waals surface area contributed by atoms with E-state index in [1.54, 1.807) is 12.1 Å². The van der Waals surface area contributed by atoms with E-state index in [1.807, 2.05) is 12.1 Å². The van der Waals surface area contributed by atoms with E-state index in [4.69, 9.17) is 14.6 Å². The van der Waals surface area contributed by atoms with Gasteiger partial charge in [-0.1, -0.05) is 19.1 Å². The van der Waals surface area contributed by atoms with Gasteiger partial charge >= 0.3 is 5.97 Å². The Balaban J connectivity index is 1.98. The van der Waals surface area contributed by atoms with Crippen LogP contribution in [0.15, 0.2) is 24.3 Å². The van der Waals surface area contributed by atoms with Gasteiger partial charge in [0, 0.05) is 26.4 Å². The number of hydrogen-bond acceptors (Lipinski definition) is 3. The van der Waals surface area contributed by atoms with Gasteiger partial charge in [0.1, 0.15) is 0 Å². The maximum absolute atomic E-state index is 10.7. The number of unbranched alkanes of at least 4 members (excludes halogenated alkanes) is 1. The Labute approximate surface area is 127 Å². The lowest BCUT2D eigenvalue weighted by molar-refractivity contribution is 0.0697. The second-order valence-electron chi connectivity index (χ2n) is 5.04. The molecule has 0 aliphatic rings. The highest BCUT2D eigenvalue weighted by molar-refractivity contribution is 5.87. The molecule has 0 amide bonds. The number of hydrogen-bond donors (Lipinski definition) is 1. The Morgan fingerprint density at radius 2 is 1.57 bits per heavy atom. The van der Waals surface area contributed by atoms with Crippen molar-refractivity contribution in [1.29, 1.82) is 0 Å². The van der Waals surface area contributed by atoms with Gasteiger partial charge in [-0.2, -0.15) is 0 Å². The van der Waals surface area contributed by atoms with Crippen LogP contribution in [0.2, 0.25) is 0 Å². The largest absolute Gasteiger partial charge is 0.478 e. The molecule has 1 N–H and O–H groups in total. The van der Waals surface area contributed by atoms with Crippen LogP contribution in [-0.4, -0.2) is 37.5 Å². The standard InChI is InChI=1S/C17H26O4/c1-2-11-20-13-5-14-21-12-4-3-6-15-7-9-16(10-8-15)17(18)19/h7-10H,2-6,11-14H2,1H3,(H,18,19). The molecule has 118 valence electrons. The predicted octanol–water partition coefficient (Wildman–Crippen LogP) is 3.54. The summed E-state index contributed by atoms with van der Waals surface area (Å²) in [7, 11) is 0. The summed E-state index contributed by atoms with van der Waals surface area (Å²) in [6, 6.07) is 7.08. The summed E-state index contributed by atoms with van der Waals surface area (Å²) in [5.74, 6) is -0.877. The summed E-state index contributed by atoms with van der Waals surface area (Å²) < 4.78 is 10.9. The van der Waals surface area contributed by atoms with E-state index in [2.05, 4.69) is 6.92 Å².